The molecule has 0 atom stereocenters. The maximum atomic E-state index is 12.4. The lowest BCUT2D eigenvalue weighted by atomic mass is 10.1. The lowest BCUT2D eigenvalue weighted by Crippen LogP contribution is -2.26. The van der Waals surface area contributed by atoms with E-state index in [1.165, 1.54) is 4.98 Å². The van der Waals surface area contributed by atoms with E-state index >= 15 is 0 Å². The molecular weight excluding hydrogens is 272 g/mol. The molecule has 4 nitrogen and oxygen atoms in total. The minimum atomic E-state index is -5.35. The Kier molecular flexibility index (Phi) is 3.60. The van der Waals surface area contributed by atoms with Crippen LogP contribution in [-0.4, -0.2) is 16.5 Å². The molecule has 102 valence electrons. The Bertz CT molecular complexity index is 489. The van der Waals surface area contributed by atoms with Gasteiger partial charge in [-0.2, -0.15) is 13.2 Å². The Morgan fingerprint density at radius 1 is 1.22 bits per heavy atom. The maximum absolute atomic E-state index is 12.4. The van der Waals surface area contributed by atoms with Crippen LogP contribution in [0.4, 0.5) is 26.3 Å². The number of aromatic nitrogens is 1. The number of alkyl halides is 6. The zero-order valence-corrected chi connectivity index (χ0v) is 8.32. The van der Waals surface area contributed by atoms with E-state index in [-0.39, 0.29) is 6.20 Å². The molecule has 1 aromatic rings. The van der Waals surface area contributed by atoms with E-state index in [1.54, 1.807) is 0 Å². The molecule has 0 radical (unpaired) electrons. The number of H-pyrrole nitrogens is 1. The van der Waals surface area contributed by atoms with Gasteiger partial charge in [-0.3, -0.25) is 4.79 Å². The monoisotopic (exact) mass is 277 g/mol. The number of hydrogen-bond acceptors (Lipinski definition) is 3. The van der Waals surface area contributed by atoms with Crippen molar-refractivity contribution < 1.29 is 36.2 Å². The molecule has 0 spiro atoms. The van der Waals surface area contributed by atoms with Crippen LogP contribution < -0.4 is 10.3 Å². The first-order valence-electron chi connectivity index (χ1n) is 4.24. The molecule has 0 amide bonds. The van der Waals surface area contributed by atoms with Gasteiger partial charge in [0.25, 0.3) is 5.56 Å². The molecule has 0 saturated carbocycles. The van der Waals surface area contributed by atoms with Gasteiger partial charge in [-0.1, -0.05) is 0 Å². The first kappa shape index (κ1) is 14.4. The molecule has 0 saturated heterocycles. The van der Waals surface area contributed by atoms with Crippen molar-refractivity contribution in [2.24, 2.45) is 0 Å². The van der Waals surface area contributed by atoms with Crippen LogP contribution in [0.3, 0.4) is 0 Å². The van der Waals surface area contributed by atoms with Gasteiger partial charge in [-0.25, -0.2) is 0 Å². The van der Waals surface area contributed by atoms with Crippen molar-refractivity contribution in [2.75, 3.05) is 0 Å². The fourth-order valence-electron chi connectivity index (χ4n) is 1.18. The van der Waals surface area contributed by atoms with Crippen LogP contribution in [0.2, 0.25) is 0 Å². The van der Waals surface area contributed by atoms with E-state index in [0.29, 0.717) is 0 Å². The number of aliphatic hydroxyl groups excluding tert-OH is 1. The van der Waals surface area contributed by atoms with Crippen LogP contribution in [0.15, 0.2) is 11.0 Å². The molecule has 2 N–H and O–H groups in total. The van der Waals surface area contributed by atoms with E-state index in [2.05, 4.69) is 4.74 Å². The zero-order valence-electron chi connectivity index (χ0n) is 8.32. The maximum Gasteiger partial charge on any atom is 0.573 e. The molecule has 0 aliphatic heterocycles. The fraction of sp³-hybridized carbons (Fsp3) is 0.375. The van der Waals surface area contributed by atoms with Crippen molar-refractivity contribution in [3.8, 4) is 5.75 Å². The summed E-state index contributed by atoms with van der Waals surface area (Å²) in [5.74, 6) is -1.63. The predicted octanol–water partition coefficient (Wildman–Crippen LogP) is 1.78. The number of aromatic amines is 1. The Labute approximate surface area is 94.8 Å². The molecule has 18 heavy (non-hydrogen) atoms. The Hall–Kier alpha value is -1.71. The molecule has 0 aliphatic carbocycles. The Morgan fingerprint density at radius 3 is 2.17 bits per heavy atom. The number of halogens is 6. The highest BCUT2D eigenvalue weighted by Crippen LogP contribution is 2.35. The lowest BCUT2D eigenvalue weighted by Gasteiger charge is -2.15. The first-order chi connectivity index (χ1) is 8.06. The highest BCUT2D eigenvalue weighted by Gasteiger charge is 2.39. The molecule has 0 unspecified atom stereocenters. The van der Waals surface area contributed by atoms with Crippen molar-refractivity contribution in [3.05, 3.63) is 27.7 Å². The molecule has 0 aliphatic rings. The van der Waals surface area contributed by atoms with Crippen molar-refractivity contribution in [1.29, 1.82) is 0 Å². The molecule has 0 fully saturated rings. The molecule has 1 heterocycles. The SMILES string of the molecule is O=c1[nH]cc(C(F)(F)F)c(CO)c1OC(F)(F)F. The number of pyridine rings is 1. The Balaban J connectivity index is 3.45. The van der Waals surface area contributed by atoms with Gasteiger partial charge < -0.3 is 14.8 Å². The van der Waals surface area contributed by atoms with Crippen molar-refractivity contribution in [2.45, 2.75) is 19.1 Å². The first-order valence-corrected chi connectivity index (χ1v) is 4.24. The van der Waals surface area contributed by atoms with Gasteiger partial charge in [0, 0.05) is 11.8 Å². The second-order valence-electron chi connectivity index (χ2n) is 3.04. The van der Waals surface area contributed by atoms with Crippen LogP contribution in [0.5, 0.6) is 5.75 Å². The lowest BCUT2D eigenvalue weighted by molar-refractivity contribution is -0.275. The molecular formula is C8H5F6NO3. The normalized spacial score (nSPS) is 12.6. The van der Waals surface area contributed by atoms with Gasteiger partial charge in [0.2, 0.25) is 5.75 Å². The third kappa shape index (κ3) is 3.15. The summed E-state index contributed by atoms with van der Waals surface area (Å²) < 4.78 is 76.2. The fourth-order valence-corrected chi connectivity index (χ4v) is 1.18. The van der Waals surface area contributed by atoms with E-state index in [1.807, 2.05) is 0 Å². The highest BCUT2D eigenvalue weighted by molar-refractivity contribution is 5.38. The summed E-state index contributed by atoms with van der Waals surface area (Å²) in [6.45, 7) is -1.43. The van der Waals surface area contributed by atoms with Crippen LogP contribution in [-0.2, 0) is 12.8 Å². The largest absolute Gasteiger partial charge is 0.573 e. The highest BCUT2D eigenvalue weighted by atomic mass is 19.4. The van der Waals surface area contributed by atoms with E-state index in [9.17, 15) is 31.1 Å². The topological polar surface area (TPSA) is 62.3 Å². The van der Waals surface area contributed by atoms with Gasteiger partial charge in [-0.05, 0) is 0 Å². The molecule has 1 rings (SSSR count). The smallest absolute Gasteiger partial charge is 0.399 e. The van der Waals surface area contributed by atoms with Crippen LogP contribution >= 0.6 is 0 Å². The van der Waals surface area contributed by atoms with Crippen molar-refractivity contribution >= 4 is 0 Å². The van der Waals surface area contributed by atoms with E-state index in [0.717, 1.165) is 0 Å². The molecule has 1 aromatic heterocycles. The van der Waals surface area contributed by atoms with Gasteiger partial charge in [0.05, 0.1) is 12.2 Å². The van der Waals surface area contributed by atoms with E-state index < -0.39 is 41.6 Å². The molecule has 0 bridgehead atoms. The van der Waals surface area contributed by atoms with Crippen molar-refractivity contribution in [1.82, 2.24) is 4.98 Å². The molecule has 10 heteroatoms. The average Bonchev–Trinajstić information content (AvgIpc) is 2.17. The van der Waals surface area contributed by atoms with Gasteiger partial charge in [0.15, 0.2) is 0 Å². The second kappa shape index (κ2) is 4.52. The number of hydrogen-bond donors (Lipinski definition) is 2. The van der Waals surface area contributed by atoms with Gasteiger partial charge in [-0.15, -0.1) is 13.2 Å². The summed E-state index contributed by atoms with van der Waals surface area (Å²) >= 11 is 0. The average molecular weight is 277 g/mol. The quantitative estimate of drug-likeness (QED) is 0.810. The number of rotatable bonds is 2. The van der Waals surface area contributed by atoms with Gasteiger partial charge >= 0.3 is 12.5 Å². The molecule has 0 aromatic carbocycles. The third-order valence-electron chi connectivity index (χ3n) is 1.83. The van der Waals surface area contributed by atoms with Gasteiger partial charge in [0.1, 0.15) is 0 Å². The second-order valence-corrected chi connectivity index (χ2v) is 3.04. The summed E-state index contributed by atoms with van der Waals surface area (Å²) in [6.07, 6.45) is -10.2. The van der Waals surface area contributed by atoms with Crippen molar-refractivity contribution in [3.63, 3.8) is 0 Å². The Morgan fingerprint density at radius 2 is 1.78 bits per heavy atom. The number of aliphatic hydroxyl groups is 1. The van der Waals surface area contributed by atoms with Crippen LogP contribution in [0.25, 0.3) is 0 Å². The van der Waals surface area contributed by atoms with E-state index in [4.69, 9.17) is 5.11 Å². The summed E-state index contributed by atoms with van der Waals surface area (Å²) in [5, 5.41) is 8.68. The third-order valence-corrected chi connectivity index (χ3v) is 1.83. The number of ether oxygens (including phenoxy) is 1. The summed E-state index contributed by atoms with van der Waals surface area (Å²) in [7, 11) is 0. The predicted molar refractivity (Wildman–Crippen MR) is 44.7 cm³/mol. The van der Waals surface area contributed by atoms with Crippen LogP contribution in [0.1, 0.15) is 11.1 Å². The number of nitrogens with one attached hydrogen (secondary N) is 1. The van der Waals surface area contributed by atoms with Crippen LogP contribution in [0, 0.1) is 0 Å². The standard InChI is InChI=1S/C8H5F6NO3/c9-7(10,11)4-1-15-6(17)5(3(4)2-16)18-8(12,13)14/h1,16H,2H2,(H,15,17). The summed E-state index contributed by atoms with van der Waals surface area (Å²) in [4.78, 5) is 12.5. The zero-order chi connectivity index (χ0) is 14.1. The minimum Gasteiger partial charge on any atom is -0.399 e. The minimum absolute atomic E-state index is 0.164. The summed E-state index contributed by atoms with van der Waals surface area (Å²) in [6, 6.07) is 0. The summed E-state index contributed by atoms with van der Waals surface area (Å²) in [5.41, 5.74) is -4.41.